The van der Waals surface area contributed by atoms with E-state index in [0.717, 1.165) is 12.0 Å². The molecule has 1 unspecified atom stereocenters. The molecule has 0 saturated heterocycles. The average Bonchev–Trinajstić information content (AvgIpc) is 2.74. The third kappa shape index (κ3) is 5.17. The Bertz CT molecular complexity index is 414. The fraction of sp³-hybridized carbons (Fsp3) is 0.474. The van der Waals surface area contributed by atoms with Crippen LogP contribution in [0.1, 0.15) is 51.9 Å². The minimum atomic E-state index is -0.981. The minimum Gasteiger partial charge on any atom is -0.478 e. The van der Waals surface area contributed by atoms with E-state index < -0.39 is 5.97 Å². The first-order chi connectivity index (χ1) is 9.15. The van der Waals surface area contributed by atoms with Crippen LogP contribution in [-0.4, -0.2) is 11.1 Å². The summed E-state index contributed by atoms with van der Waals surface area (Å²) in [5.41, 5.74) is 7.07. The van der Waals surface area contributed by atoms with Gasteiger partial charge in [0.25, 0.3) is 0 Å². The topological polar surface area (TPSA) is 37.3 Å². The van der Waals surface area contributed by atoms with E-state index in [1.807, 2.05) is 0 Å². The Kier molecular flexibility index (Phi) is 11.7. The quantitative estimate of drug-likeness (QED) is 0.398. The van der Waals surface area contributed by atoms with Gasteiger partial charge in [-0.1, -0.05) is 38.3 Å². The van der Waals surface area contributed by atoms with Crippen molar-refractivity contribution in [3.63, 3.8) is 0 Å². The van der Waals surface area contributed by atoms with E-state index in [-0.39, 0.29) is 36.6 Å². The Balaban J connectivity index is 0. The van der Waals surface area contributed by atoms with Crippen LogP contribution in [0.4, 0.5) is 0 Å². The van der Waals surface area contributed by atoms with E-state index in [2.05, 4.69) is 19.9 Å². The fourth-order valence-corrected chi connectivity index (χ4v) is 3.51. The van der Waals surface area contributed by atoms with Crippen molar-refractivity contribution < 1.29 is 31.6 Å². The molecule has 0 aliphatic heterocycles. The number of carboxylic acid groups (broad SMARTS) is 1. The normalized spacial score (nSPS) is 21.4. The van der Waals surface area contributed by atoms with E-state index in [1.54, 1.807) is 22.3 Å². The van der Waals surface area contributed by atoms with Gasteiger partial charge in [0.2, 0.25) is 0 Å². The summed E-state index contributed by atoms with van der Waals surface area (Å²) in [4.78, 5) is 9.25. The zero-order valence-electron chi connectivity index (χ0n) is 14.2. The molecule has 3 aliphatic rings. The van der Waals surface area contributed by atoms with Gasteiger partial charge in [-0.3, -0.25) is 0 Å². The molecule has 0 bridgehead atoms. The van der Waals surface area contributed by atoms with E-state index in [0.29, 0.717) is 0 Å². The second-order valence-electron chi connectivity index (χ2n) is 5.51. The Labute approximate surface area is 151 Å². The zero-order chi connectivity index (χ0) is 13.8. The van der Waals surface area contributed by atoms with E-state index in [4.69, 9.17) is 5.11 Å². The molecule has 0 heterocycles. The van der Waals surface area contributed by atoms with Gasteiger partial charge >= 0.3 is 27.7 Å². The first kappa shape index (κ1) is 23.5. The molecule has 0 amide bonds. The van der Waals surface area contributed by atoms with Gasteiger partial charge in [-0.05, 0) is 25.2 Å². The average molecular weight is 337 g/mol. The number of hydrogen-bond donors (Lipinski definition) is 1. The monoisotopic (exact) mass is 337 g/mol. The van der Waals surface area contributed by atoms with Crippen molar-refractivity contribution in [3.05, 3.63) is 56.2 Å². The van der Waals surface area contributed by atoms with Gasteiger partial charge < -0.3 is 20.0 Å². The van der Waals surface area contributed by atoms with E-state index in [9.17, 15) is 4.79 Å². The van der Waals surface area contributed by atoms with Crippen LogP contribution < -0.4 is 0 Å². The van der Waals surface area contributed by atoms with Crippen molar-refractivity contribution in [1.82, 2.24) is 0 Å². The molecule has 0 saturated carbocycles. The Morgan fingerprint density at radius 3 is 2.32 bits per heavy atom. The summed E-state index contributed by atoms with van der Waals surface area (Å²) >= 11 is 0. The summed E-state index contributed by atoms with van der Waals surface area (Å²) < 4.78 is 0. The molecule has 22 heavy (non-hydrogen) atoms. The van der Waals surface area contributed by atoms with E-state index in [1.165, 1.54) is 44.9 Å². The fourth-order valence-electron chi connectivity index (χ4n) is 3.51. The first-order valence-electron chi connectivity index (χ1n) is 7.29. The molecule has 121 valence electrons. The number of allylic oxidation sites excluding steroid dienone is 4. The van der Waals surface area contributed by atoms with Gasteiger partial charge in [0.05, 0.1) is 0 Å². The maximum atomic E-state index is 9.25. The Morgan fingerprint density at radius 2 is 1.73 bits per heavy atom. The van der Waals surface area contributed by atoms with Crippen molar-refractivity contribution >= 4 is 5.97 Å². The maximum absolute atomic E-state index is 9.25. The standard InChI is InChI=1S/C14H19.C3H4O2.2CH3.Ti/c1-10-11-6-2-4-8-13(11)14-9-5-3-7-12(10)14;1-2-3(4)5;;;/h6,10H,2-5,7-9H2,1H3;2H,1H2,(H,4,5);2*1H3;/q-1;;2*-1;+3. The predicted octanol–water partition coefficient (Wildman–Crippen LogP) is 5.35. The van der Waals surface area contributed by atoms with Gasteiger partial charge in [0.1, 0.15) is 0 Å². The van der Waals surface area contributed by atoms with Crippen LogP contribution in [0.3, 0.4) is 0 Å². The molecule has 0 fully saturated rings. The van der Waals surface area contributed by atoms with Crippen LogP contribution in [0.2, 0.25) is 0 Å². The molecule has 2 nitrogen and oxygen atoms in total. The number of carboxylic acids is 1. The molecule has 0 aromatic rings. The summed E-state index contributed by atoms with van der Waals surface area (Å²) in [6, 6.07) is 0. The van der Waals surface area contributed by atoms with Crippen LogP contribution in [0, 0.1) is 27.2 Å². The molecule has 0 spiro atoms. The summed E-state index contributed by atoms with van der Waals surface area (Å²) in [5, 5.41) is 7.60. The summed E-state index contributed by atoms with van der Waals surface area (Å²) in [6.07, 6.45) is 13.1. The molecule has 3 rings (SSSR count). The smallest absolute Gasteiger partial charge is 0.478 e. The molecule has 3 aliphatic carbocycles. The SMILES string of the molecule is C=CC(=O)O.CC1C2=C(CCC[CH-]2)C2=C1CCCC2.[CH3-].[CH3-].[Ti+3]. The van der Waals surface area contributed by atoms with Gasteiger partial charge in [0, 0.05) is 6.08 Å². The third-order valence-corrected chi connectivity index (χ3v) is 4.38. The van der Waals surface area contributed by atoms with E-state index >= 15 is 0 Å². The number of aliphatic carboxylic acids is 1. The minimum absolute atomic E-state index is 0. The summed E-state index contributed by atoms with van der Waals surface area (Å²) in [5.74, 6) is -0.203. The van der Waals surface area contributed by atoms with Crippen LogP contribution in [0.15, 0.2) is 34.9 Å². The molecule has 0 aromatic carbocycles. The van der Waals surface area contributed by atoms with Crippen molar-refractivity contribution in [2.24, 2.45) is 5.92 Å². The van der Waals surface area contributed by atoms with Crippen LogP contribution in [-0.2, 0) is 26.5 Å². The van der Waals surface area contributed by atoms with Crippen molar-refractivity contribution in [2.75, 3.05) is 0 Å². The largest absolute Gasteiger partial charge is 3.00 e. The summed E-state index contributed by atoms with van der Waals surface area (Å²) in [7, 11) is 0. The molecular weight excluding hydrogens is 308 g/mol. The Hall–Kier alpha value is -0.726. The number of rotatable bonds is 1. The van der Waals surface area contributed by atoms with Crippen LogP contribution in [0.25, 0.3) is 0 Å². The molecule has 3 heteroatoms. The predicted molar refractivity (Wildman–Crippen MR) is 90.5 cm³/mol. The van der Waals surface area contributed by atoms with Crippen molar-refractivity contribution in [1.29, 1.82) is 0 Å². The van der Waals surface area contributed by atoms with Gasteiger partial charge in [-0.2, -0.15) is 5.57 Å². The third-order valence-electron chi connectivity index (χ3n) is 4.38. The van der Waals surface area contributed by atoms with Gasteiger partial charge in [-0.15, -0.1) is 12.0 Å². The number of fused-ring (bicyclic) bond motifs is 1. The first-order valence-corrected chi connectivity index (χ1v) is 7.29. The number of carbonyl (C=O) groups is 1. The second-order valence-corrected chi connectivity index (χ2v) is 5.51. The Morgan fingerprint density at radius 1 is 1.18 bits per heavy atom. The molecule has 1 atom stereocenters. The van der Waals surface area contributed by atoms with Gasteiger partial charge in [0.15, 0.2) is 0 Å². The van der Waals surface area contributed by atoms with Crippen molar-refractivity contribution in [2.45, 2.75) is 51.9 Å². The maximum Gasteiger partial charge on any atom is 3.00 e. The molecule has 0 aromatic heterocycles. The zero-order valence-corrected chi connectivity index (χ0v) is 15.8. The second kappa shape index (κ2) is 10.9. The van der Waals surface area contributed by atoms with Gasteiger partial charge in [-0.25, -0.2) is 16.8 Å². The summed E-state index contributed by atoms with van der Waals surface area (Å²) in [6.45, 7) is 5.38. The molecule has 1 N–H and O–H groups in total. The number of hydrogen-bond acceptors (Lipinski definition) is 1. The molecule has 1 radical (unpaired) electrons. The molecular formula is C19H29O2Ti. The van der Waals surface area contributed by atoms with Crippen LogP contribution in [0.5, 0.6) is 0 Å². The van der Waals surface area contributed by atoms with Crippen molar-refractivity contribution in [3.8, 4) is 0 Å². The van der Waals surface area contributed by atoms with Crippen LogP contribution >= 0.6 is 0 Å².